The predicted molar refractivity (Wildman–Crippen MR) is 72.0 cm³/mol. The Hall–Kier alpha value is -1.03. The third kappa shape index (κ3) is 3.00. The third-order valence-electron chi connectivity index (χ3n) is 2.66. The van der Waals surface area contributed by atoms with Gasteiger partial charge in [-0.05, 0) is 20.3 Å². The van der Waals surface area contributed by atoms with Gasteiger partial charge in [0.25, 0.3) is 0 Å². The molecule has 0 saturated carbocycles. The molecule has 2 rings (SSSR count). The van der Waals surface area contributed by atoms with E-state index in [0.717, 1.165) is 25.3 Å². The Balaban J connectivity index is 0.000000686. The van der Waals surface area contributed by atoms with E-state index < -0.39 is 0 Å². The van der Waals surface area contributed by atoms with Gasteiger partial charge in [-0.1, -0.05) is 25.4 Å². The number of nitrogens with zero attached hydrogens (tertiary/aromatic N) is 3. The number of hydrogen-bond acceptors (Lipinski definition) is 3. The third-order valence-corrected chi connectivity index (χ3v) is 2.85. The zero-order chi connectivity index (χ0) is 13.0. The van der Waals surface area contributed by atoms with E-state index >= 15 is 0 Å². The van der Waals surface area contributed by atoms with Crippen molar-refractivity contribution in [3.63, 3.8) is 0 Å². The molecular weight excluding hydrogens is 238 g/mol. The van der Waals surface area contributed by atoms with Crippen LogP contribution in [0.1, 0.15) is 34.1 Å². The van der Waals surface area contributed by atoms with E-state index in [4.69, 9.17) is 11.6 Å². The molecule has 0 N–H and O–H groups in total. The number of aromatic nitrogens is 2. The van der Waals surface area contributed by atoms with Crippen molar-refractivity contribution in [2.24, 2.45) is 0 Å². The summed E-state index contributed by atoms with van der Waals surface area (Å²) in [5, 5.41) is 0.277. The summed E-state index contributed by atoms with van der Waals surface area (Å²) in [5.41, 5.74) is -0.247. The summed E-state index contributed by atoms with van der Waals surface area (Å²) in [6.45, 7) is 9.92. The van der Waals surface area contributed by atoms with Crippen LogP contribution in [0.25, 0.3) is 0 Å². The minimum atomic E-state index is -0.247. The molecule has 17 heavy (non-hydrogen) atoms. The second-order valence-corrected chi connectivity index (χ2v) is 4.40. The van der Waals surface area contributed by atoms with E-state index in [-0.39, 0.29) is 10.8 Å². The smallest absolute Gasteiger partial charge is 0.350 e. The van der Waals surface area contributed by atoms with E-state index in [1.807, 2.05) is 13.8 Å². The number of fused-ring (bicyclic) bond motifs is 1. The highest BCUT2D eigenvalue weighted by atomic mass is 35.5. The monoisotopic (exact) mass is 257 g/mol. The van der Waals surface area contributed by atoms with Gasteiger partial charge in [0.15, 0.2) is 0 Å². The van der Waals surface area contributed by atoms with Gasteiger partial charge in [-0.25, -0.2) is 4.79 Å². The van der Waals surface area contributed by atoms with Gasteiger partial charge in [0.1, 0.15) is 11.0 Å². The Morgan fingerprint density at radius 3 is 2.59 bits per heavy atom. The molecule has 0 unspecified atom stereocenters. The molecule has 1 aliphatic rings. The molecule has 96 valence electrons. The van der Waals surface area contributed by atoms with Crippen LogP contribution in [0.5, 0.6) is 0 Å². The highest BCUT2D eigenvalue weighted by Gasteiger charge is 2.20. The van der Waals surface area contributed by atoms with Gasteiger partial charge in [0, 0.05) is 25.2 Å². The standard InChI is InChI=1S/C10H14ClN3O.C2H6/c1-7(2)13-4-3-5-14-9(13)6-8(11)12-10(14)15;1-2/h6-7H,3-5H2,1-2H3;1-2H3. The minimum absolute atomic E-state index is 0.247. The lowest BCUT2D eigenvalue weighted by molar-refractivity contribution is 0.509. The lowest BCUT2D eigenvalue weighted by atomic mass is 10.2. The maximum atomic E-state index is 11.6. The van der Waals surface area contributed by atoms with Crippen molar-refractivity contribution in [1.29, 1.82) is 0 Å². The average molecular weight is 258 g/mol. The molecule has 0 saturated heterocycles. The molecule has 0 fully saturated rings. The van der Waals surface area contributed by atoms with Gasteiger partial charge < -0.3 is 4.90 Å². The van der Waals surface area contributed by atoms with Crippen LogP contribution in [0.4, 0.5) is 5.82 Å². The first kappa shape index (κ1) is 14.0. The summed E-state index contributed by atoms with van der Waals surface area (Å²) in [6.07, 6.45) is 0.981. The Morgan fingerprint density at radius 2 is 2.00 bits per heavy atom. The summed E-state index contributed by atoms with van der Waals surface area (Å²) in [4.78, 5) is 17.5. The maximum Gasteiger partial charge on any atom is 0.350 e. The largest absolute Gasteiger partial charge is 0.355 e. The molecule has 4 nitrogen and oxygen atoms in total. The predicted octanol–water partition coefficient (Wildman–Crippen LogP) is 2.54. The normalized spacial score (nSPS) is 14.1. The summed E-state index contributed by atoms with van der Waals surface area (Å²) in [7, 11) is 0. The van der Waals surface area contributed by atoms with Crippen molar-refractivity contribution in [3.8, 4) is 0 Å². The van der Waals surface area contributed by atoms with Gasteiger partial charge in [0.05, 0.1) is 0 Å². The molecule has 0 spiro atoms. The van der Waals surface area contributed by atoms with Crippen LogP contribution in [0.15, 0.2) is 10.9 Å². The Bertz CT molecular complexity index is 428. The van der Waals surface area contributed by atoms with Crippen molar-refractivity contribution in [2.45, 2.75) is 46.7 Å². The molecular formula is C12H20ClN3O. The van der Waals surface area contributed by atoms with Crippen LogP contribution in [-0.4, -0.2) is 22.1 Å². The van der Waals surface area contributed by atoms with Crippen molar-refractivity contribution < 1.29 is 0 Å². The molecule has 0 radical (unpaired) electrons. The zero-order valence-corrected chi connectivity index (χ0v) is 11.7. The van der Waals surface area contributed by atoms with Gasteiger partial charge in [-0.15, -0.1) is 0 Å². The second-order valence-electron chi connectivity index (χ2n) is 4.01. The summed E-state index contributed by atoms with van der Waals surface area (Å²) < 4.78 is 1.69. The molecule has 0 bridgehead atoms. The number of halogens is 1. The van der Waals surface area contributed by atoms with E-state index in [0.29, 0.717) is 6.04 Å². The van der Waals surface area contributed by atoms with Crippen molar-refractivity contribution >= 4 is 17.4 Å². The molecule has 2 heterocycles. The van der Waals surface area contributed by atoms with Gasteiger partial charge in [-0.3, -0.25) is 4.57 Å². The zero-order valence-electron chi connectivity index (χ0n) is 10.9. The average Bonchev–Trinajstić information content (AvgIpc) is 2.30. The second kappa shape index (κ2) is 6.05. The van der Waals surface area contributed by atoms with Crippen LogP contribution >= 0.6 is 11.6 Å². The molecule has 0 amide bonds. The maximum absolute atomic E-state index is 11.6. The van der Waals surface area contributed by atoms with Crippen LogP contribution in [0, 0.1) is 0 Å². The number of anilines is 1. The van der Waals surface area contributed by atoms with Crippen LogP contribution in [-0.2, 0) is 6.54 Å². The van der Waals surface area contributed by atoms with Crippen molar-refractivity contribution in [2.75, 3.05) is 11.4 Å². The lowest BCUT2D eigenvalue weighted by Crippen LogP contribution is -2.42. The molecule has 0 atom stereocenters. The quantitative estimate of drug-likeness (QED) is 0.726. The molecule has 1 aromatic rings. The fraction of sp³-hybridized carbons (Fsp3) is 0.667. The van der Waals surface area contributed by atoms with E-state index in [1.54, 1.807) is 10.6 Å². The van der Waals surface area contributed by atoms with Crippen molar-refractivity contribution in [1.82, 2.24) is 9.55 Å². The van der Waals surface area contributed by atoms with Gasteiger partial charge >= 0.3 is 5.69 Å². The topological polar surface area (TPSA) is 38.1 Å². The number of rotatable bonds is 1. The Labute approximate surface area is 107 Å². The van der Waals surface area contributed by atoms with Gasteiger partial charge in [-0.2, -0.15) is 4.98 Å². The molecule has 5 heteroatoms. The lowest BCUT2D eigenvalue weighted by Gasteiger charge is -2.34. The van der Waals surface area contributed by atoms with Crippen molar-refractivity contribution in [3.05, 3.63) is 21.7 Å². The van der Waals surface area contributed by atoms with E-state index in [9.17, 15) is 4.79 Å². The molecule has 0 aliphatic carbocycles. The first-order valence-electron chi connectivity index (χ1n) is 6.13. The van der Waals surface area contributed by atoms with E-state index in [2.05, 4.69) is 23.7 Å². The molecule has 1 aromatic heterocycles. The summed E-state index contributed by atoms with van der Waals surface area (Å²) in [6, 6.07) is 2.14. The highest BCUT2D eigenvalue weighted by Crippen LogP contribution is 2.22. The highest BCUT2D eigenvalue weighted by molar-refractivity contribution is 6.29. The fourth-order valence-corrected chi connectivity index (χ4v) is 2.12. The SMILES string of the molecule is CC.CC(C)N1CCCn2c1cc(Cl)nc2=O. The van der Waals surface area contributed by atoms with Crippen LogP contribution in [0.3, 0.4) is 0 Å². The summed E-state index contributed by atoms with van der Waals surface area (Å²) >= 11 is 5.80. The first-order valence-corrected chi connectivity index (χ1v) is 6.51. The number of hydrogen-bond donors (Lipinski definition) is 0. The fourth-order valence-electron chi connectivity index (χ4n) is 1.95. The minimum Gasteiger partial charge on any atom is -0.355 e. The van der Waals surface area contributed by atoms with Crippen LogP contribution < -0.4 is 10.6 Å². The molecule has 0 aromatic carbocycles. The Morgan fingerprint density at radius 1 is 1.35 bits per heavy atom. The summed E-state index contributed by atoms with van der Waals surface area (Å²) in [5.74, 6) is 0.890. The van der Waals surface area contributed by atoms with Gasteiger partial charge in [0.2, 0.25) is 0 Å². The molecule has 1 aliphatic heterocycles. The Kier molecular flexibility index (Phi) is 5.00. The van der Waals surface area contributed by atoms with E-state index in [1.165, 1.54) is 0 Å². The first-order chi connectivity index (χ1) is 8.09. The van der Waals surface area contributed by atoms with Crippen LogP contribution in [0.2, 0.25) is 5.15 Å².